The number of hydrogen-bond donors (Lipinski definition) is 1. The number of carbonyl (C=O) groups is 1. The molecule has 1 saturated heterocycles. The minimum Gasteiger partial charge on any atom is -0.478 e. The Balaban J connectivity index is 2.26. The van der Waals surface area contributed by atoms with Crippen molar-refractivity contribution in [3.8, 4) is 0 Å². The summed E-state index contributed by atoms with van der Waals surface area (Å²) in [5.41, 5.74) is 3.60. The van der Waals surface area contributed by atoms with Crippen molar-refractivity contribution in [2.75, 3.05) is 18.0 Å². The Labute approximate surface area is 127 Å². The van der Waals surface area contributed by atoms with Crippen LogP contribution in [0, 0.1) is 18.3 Å². The lowest BCUT2D eigenvalue weighted by Crippen LogP contribution is -2.26. The van der Waals surface area contributed by atoms with Crippen LogP contribution in [0.25, 0.3) is 6.08 Å². The van der Waals surface area contributed by atoms with Gasteiger partial charge in [0.25, 0.3) is 0 Å². The molecule has 1 fully saturated rings. The zero-order valence-corrected chi connectivity index (χ0v) is 13.4. The average Bonchev–Trinajstić information content (AvgIpc) is 2.85. The highest BCUT2D eigenvalue weighted by Crippen LogP contribution is 2.37. The van der Waals surface area contributed by atoms with E-state index in [4.69, 9.17) is 5.11 Å². The summed E-state index contributed by atoms with van der Waals surface area (Å²) in [7, 11) is 0. The van der Waals surface area contributed by atoms with Gasteiger partial charge in [0, 0.05) is 24.9 Å². The van der Waals surface area contributed by atoms with Crippen LogP contribution < -0.4 is 4.90 Å². The van der Waals surface area contributed by atoms with Crippen LogP contribution in [0.1, 0.15) is 38.3 Å². The average molecular weight is 287 g/mol. The summed E-state index contributed by atoms with van der Waals surface area (Å²) in [6.07, 6.45) is 4.12. The van der Waals surface area contributed by atoms with Gasteiger partial charge in [0.2, 0.25) is 0 Å². The summed E-state index contributed by atoms with van der Waals surface area (Å²) >= 11 is 0. The molecule has 0 aromatic heterocycles. The zero-order valence-electron chi connectivity index (χ0n) is 13.4. The molecule has 114 valence electrons. The number of carboxylic acid groups (broad SMARTS) is 1. The summed E-state index contributed by atoms with van der Waals surface area (Å²) in [5.74, 6) is -0.230. The monoisotopic (exact) mass is 287 g/mol. The molecule has 0 bridgehead atoms. The third-order valence-electron chi connectivity index (χ3n) is 4.34. The Hall–Kier alpha value is -1.77. The van der Waals surface area contributed by atoms with Crippen LogP contribution in [0.2, 0.25) is 0 Å². The van der Waals surface area contributed by atoms with E-state index < -0.39 is 5.97 Å². The fourth-order valence-electron chi connectivity index (χ4n) is 2.94. The molecule has 1 heterocycles. The Kier molecular flexibility index (Phi) is 4.40. The van der Waals surface area contributed by atoms with Crippen LogP contribution in [0.4, 0.5) is 5.69 Å². The first kappa shape index (κ1) is 15.6. The molecule has 0 radical (unpaired) electrons. The lowest BCUT2D eigenvalue weighted by molar-refractivity contribution is -0.131. The van der Waals surface area contributed by atoms with Crippen LogP contribution in [0.5, 0.6) is 0 Å². The van der Waals surface area contributed by atoms with E-state index in [9.17, 15) is 4.79 Å². The molecule has 0 amide bonds. The van der Waals surface area contributed by atoms with Crippen LogP contribution in [0.3, 0.4) is 0 Å². The topological polar surface area (TPSA) is 40.5 Å². The van der Waals surface area contributed by atoms with Crippen molar-refractivity contribution in [1.29, 1.82) is 0 Å². The van der Waals surface area contributed by atoms with Gasteiger partial charge in [-0.1, -0.05) is 32.4 Å². The van der Waals surface area contributed by atoms with Crippen LogP contribution in [-0.4, -0.2) is 24.2 Å². The lowest BCUT2D eigenvalue weighted by Gasteiger charge is -2.28. The van der Waals surface area contributed by atoms with Crippen LogP contribution in [0.15, 0.2) is 24.3 Å². The Morgan fingerprint density at radius 1 is 1.38 bits per heavy atom. The molecule has 2 rings (SSSR count). The van der Waals surface area contributed by atoms with E-state index in [1.165, 1.54) is 12.5 Å². The standard InChI is InChI=1S/C18H25NO2/c1-13-5-7-16(14(11-13)6-8-17(20)21)19-10-9-15(12-19)18(2,3)4/h5-8,11,15H,9-10,12H2,1-4H3,(H,20,21)/b8-6+. The van der Waals surface area contributed by atoms with Crippen LogP contribution in [-0.2, 0) is 4.79 Å². The first-order valence-electron chi connectivity index (χ1n) is 7.54. The van der Waals surface area contributed by atoms with E-state index in [1.807, 2.05) is 6.92 Å². The Morgan fingerprint density at radius 2 is 2.10 bits per heavy atom. The first-order chi connectivity index (χ1) is 9.77. The van der Waals surface area contributed by atoms with Crippen molar-refractivity contribution in [3.63, 3.8) is 0 Å². The van der Waals surface area contributed by atoms with Gasteiger partial charge >= 0.3 is 5.97 Å². The number of carboxylic acids is 1. The lowest BCUT2D eigenvalue weighted by atomic mass is 9.80. The minimum atomic E-state index is -0.906. The highest BCUT2D eigenvalue weighted by molar-refractivity contribution is 5.87. The van der Waals surface area contributed by atoms with Gasteiger partial charge in [-0.2, -0.15) is 0 Å². The molecule has 1 aliphatic rings. The predicted octanol–water partition coefficient (Wildman–Crippen LogP) is 3.97. The number of hydrogen-bond acceptors (Lipinski definition) is 2. The first-order valence-corrected chi connectivity index (χ1v) is 7.54. The van der Waals surface area contributed by atoms with E-state index in [0.717, 1.165) is 29.9 Å². The molecule has 1 aliphatic heterocycles. The Bertz CT molecular complexity index is 555. The SMILES string of the molecule is Cc1ccc(N2CCC(C(C)(C)C)C2)c(/C=C/C(=O)O)c1. The normalized spacial score (nSPS) is 19.4. The smallest absolute Gasteiger partial charge is 0.328 e. The highest BCUT2D eigenvalue weighted by Gasteiger charge is 2.32. The Morgan fingerprint density at radius 3 is 2.67 bits per heavy atom. The summed E-state index contributed by atoms with van der Waals surface area (Å²) in [6.45, 7) is 11.0. The predicted molar refractivity (Wildman–Crippen MR) is 87.6 cm³/mol. The molecule has 1 aromatic carbocycles. The van der Waals surface area contributed by atoms with Gasteiger partial charge in [0.1, 0.15) is 0 Å². The fraction of sp³-hybridized carbons (Fsp3) is 0.500. The van der Waals surface area contributed by atoms with Crippen molar-refractivity contribution in [1.82, 2.24) is 0 Å². The number of aliphatic carboxylic acids is 1. The quantitative estimate of drug-likeness (QED) is 0.855. The maximum absolute atomic E-state index is 10.8. The molecule has 0 aliphatic carbocycles. The van der Waals surface area contributed by atoms with E-state index in [-0.39, 0.29) is 0 Å². The van der Waals surface area contributed by atoms with E-state index >= 15 is 0 Å². The van der Waals surface area contributed by atoms with Crippen molar-refractivity contribution >= 4 is 17.7 Å². The van der Waals surface area contributed by atoms with Crippen molar-refractivity contribution in [3.05, 3.63) is 35.4 Å². The molecule has 1 N–H and O–H groups in total. The number of rotatable bonds is 3. The van der Waals surface area contributed by atoms with Gasteiger partial charge in [-0.3, -0.25) is 0 Å². The van der Waals surface area contributed by atoms with Gasteiger partial charge < -0.3 is 10.0 Å². The fourth-order valence-corrected chi connectivity index (χ4v) is 2.94. The van der Waals surface area contributed by atoms with E-state index in [2.05, 4.69) is 43.9 Å². The molecule has 0 saturated carbocycles. The number of anilines is 1. The molecule has 1 atom stereocenters. The third kappa shape index (κ3) is 3.87. The second-order valence-corrected chi connectivity index (χ2v) is 7.03. The van der Waals surface area contributed by atoms with Gasteiger partial charge in [-0.05, 0) is 48.4 Å². The van der Waals surface area contributed by atoms with Crippen molar-refractivity contribution in [2.45, 2.75) is 34.1 Å². The summed E-state index contributed by atoms with van der Waals surface area (Å²) < 4.78 is 0. The second-order valence-electron chi connectivity index (χ2n) is 7.03. The third-order valence-corrected chi connectivity index (χ3v) is 4.34. The minimum absolute atomic E-state index is 0.316. The molecule has 3 heteroatoms. The van der Waals surface area contributed by atoms with E-state index in [0.29, 0.717) is 11.3 Å². The molecule has 21 heavy (non-hydrogen) atoms. The summed E-state index contributed by atoms with van der Waals surface area (Å²) in [6, 6.07) is 6.26. The molecule has 0 spiro atoms. The molecule has 3 nitrogen and oxygen atoms in total. The summed E-state index contributed by atoms with van der Waals surface area (Å²) in [5, 5.41) is 8.85. The zero-order chi connectivity index (χ0) is 15.6. The largest absolute Gasteiger partial charge is 0.478 e. The molecular weight excluding hydrogens is 262 g/mol. The maximum atomic E-state index is 10.8. The van der Waals surface area contributed by atoms with Gasteiger partial charge in [-0.25, -0.2) is 4.79 Å². The van der Waals surface area contributed by atoms with Gasteiger partial charge in [0.05, 0.1) is 0 Å². The van der Waals surface area contributed by atoms with Gasteiger partial charge in [0.15, 0.2) is 0 Å². The number of benzene rings is 1. The van der Waals surface area contributed by atoms with Crippen LogP contribution >= 0.6 is 0 Å². The molecular formula is C18H25NO2. The second kappa shape index (κ2) is 5.92. The van der Waals surface area contributed by atoms with E-state index in [1.54, 1.807) is 6.08 Å². The highest BCUT2D eigenvalue weighted by atomic mass is 16.4. The van der Waals surface area contributed by atoms with Crippen molar-refractivity contribution < 1.29 is 9.90 Å². The maximum Gasteiger partial charge on any atom is 0.328 e. The number of nitrogens with zero attached hydrogens (tertiary/aromatic N) is 1. The molecule has 1 aromatic rings. The summed E-state index contributed by atoms with van der Waals surface area (Å²) in [4.78, 5) is 13.2. The van der Waals surface area contributed by atoms with Crippen molar-refractivity contribution in [2.24, 2.45) is 11.3 Å². The van der Waals surface area contributed by atoms with Gasteiger partial charge in [-0.15, -0.1) is 0 Å². The molecule has 1 unspecified atom stereocenters. The number of aryl methyl sites for hydroxylation is 1.